The molecular weight excluding hydrogens is 785 g/mol. The van der Waals surface area contributed by atoms with Gasteiger partial charge >= 0.3 is 0 Å². The molecule has 2 heteroatoms. The molecule has 3 aliphatic carbocycles. The van der Waals surface area contributed by atoms with Crippen molar-refractivity contribution in [3.05, 3.63) is 235 Å². The minimum Gasteiger partial charge on any atom is -0.255 e. The van der Waals surface area contributed by atoms with Gasteiger partial charge in [0, 0.05) is 18.3 Å². The molecule has 2 unspecified atom stereocenters. The number of fused-ring (bicyclic) bond motifs is 7. The average Bonchev–Trinajstić information content (AvgIpc) is 3.82. The molecule has 2 nitrogen and oxygen atoms in total. The smallest absolute Gasteiger partial charge is 0.0886 e. The minimum atomic E-state index is -0.0559. The van der Waals surface area contributed by atoms with E-state index in [9.17, 15) is 0 Å². The van der Waals surface area contributed by atoms with Crippen molar-refractivity contribution < 1.29 is 0 Å². The number of benzene rings is 8. The molecule has 0 saturated carbocycles. The van der Waals surface area contributed by atoms with Gasteiger partial charge in [-0.25, -0.2) is 0 Å². The first-order valence-electron chi connectivity index (χ1n) is 22.8. The summed E-state index contributed by atoms with van der Waals surface area (Å²) in [5.74, 6) is 0.680. The van der Waals surface area contributed by atoms with Gasteiger partial charge in [-0.3, -0.25) is 9.97 Å². The van der Waals surface area contributed by atoms with Crippen molar-refractivity contribution in [3.8, 4) is 78.1 Å². The molecule has 8 aromatic carbocycles. The van der Waals surface area contributed by atoms with Gasteiger partial charge in [0.2, 0.25) is 0 Å². The predicted molar refractivity (Wildman–Crippen MR) is 271 cm³/mol. The van der Waals surface area contributed by atoms with Crippen LogP contribution < -0.4 is 0 Å². The second-order valence-electron chi connectivity index (χ2n) is 18.5. The van der Waals surface area contributed by atoms with E-state index in [4.69, 9.17) is 4.98 Å². The topological polar surface area (TPSA) is 25.8 Å². The summed E-state index contributed by atoms with van der Waals surface area (Å²) < 4.78 is 0. The van der Waals surface area contributed by atoms with E-state index in [-0.39, 0.29) is 5.41 Å². The number of allylic oxidation sites excluding steroid dienone is 4. The van der Waals surface area contributed by atoms with Crippen LogP contribution in [-0.2, 0) is 5.41 Å². The molecule has 0 amide bonds. The van der Waals surface area contributed by atoms with Gasteiger partial charge in [-0.15, -0.1) is 0 Å². The third kappa shape index (κ3) is 5.80. The number of pyridine rings is 2. The third-order valence-corrected chi connectivity index (χ3v) is 14.6. The zero-order chi connectivity index (χ0) is 43.2. The highest BCUT2D eigenvalue weighted by atomic mass is 14.8. The van der Waals surface area contributed by atoms with Gasteiger partial charge in [0.25, 0.3) is 0 Å². The van der Waals surface area contributed by atoms with Crippen LogP contribution in [0.5, 0.6) is 0 Å². The van der Waals surface area contributed by atoms with E-state index in [1.165, 1.54) is 105 Å². The molecule has 0 spiro atoms. The van der Waals surface area contributed by atoms with Crippen molar-refractivity contribution in [2.45, 2.75) is 25.2 Å². The first kappa shape index (κ1) is 37.6. The van der Waals surface area contributed by atoms with Crippen molar-refractivity contribution in [3.63, 3.8) is 0 Å². The number of nitrogens with zero attached hydrogens (tertiary/aromatic N) is 2. The van der Waals surface area contributed by atoms with E-state index in [0.717, 1.165) is 17.0 Å². The minimum absolute atomic E-state index is 0.0559. The van der Waals surface area contributed by atoms with Crippen LogP contribution in [0.3, 0.4) is 0 Å². The van der Waals surface area contributed by atoms with Crippen molar-refractivity contribution in [2.24, 2.45) is 5.92 Å². The van der Waals surface area contributed by atoms with Gasteiger partial charge < -0.3 is 0 Å². The molecule has 306 valence electrons. The Kier molecular flexibility index (Phi) is 8.42. The largest absolute Gasteiger partial charge is 0.255 e. The van der Waals surface area contributed by atoms with Crippen molar-refractivity contribution in [1.82, 2.24) is 9.97 Å². The number of aromatic nitrogens is 2. The van der Waals surface area contributed by atoms with Crippen molar-refractivity contribution in [1.29, 1.82) is 0 Å². The summed E-state index contributed by atoms with van der Waals surface area (Å²) in [6.45, 7) is 4.85. The molecule has 0 N–H and O–H groups in total. The standard InChI is InChI=1S/C63H44N2/c1-63(2)54-36-42(26-29-47(54)48-30-27-43(37-55(48)63)45-28-33-57(65-38-45)56-25-11-12-34-64-56)41-19-13-20-44(35-41)46-31-32-53-60-49(46)23-14-24-52(60)61-58(39-15-5-3-6-16-39)50-21-9-10-22-51(50)59(62(53)61)40-17-7-4-8-18-40/h3-38,48,55H,1-2H3. The number of rotatable bonds is 6. The van der Waals surface area contributed by atoms with Gasteiger partial charge in [0.1, 0.15) is 0 Å². The summed E-state index contributed by atoms with van der Waals surface area (Å²) >= 11 is 0. The second-order valence-corrected chi connectivity index (χ2v) is 18.5. The normalized spacial score (nSPS) is 16.3. The third-order valence-electron chi connectivity index (χ3n) is 14.6. The van der Waals surface area contributed by atoms with Gasteiger partial charge in [-0.2, -0.15) is 0 Å². The Morgan fingerprint density at radius 1 is 0.431 bits per heavy atom. The second kappa shape index (κ2) is 14.6. The molecule has 3 aliphatic rings. The molecule has 2 aromatic heterocycles. The number of hydrogen-bond acceptors (Lipinski definition) is 2. The molecule has 0 aliphatic heterocycles. The summed E-state index contributed by atoms with van der Waals surface area (Å²) in [4.78, 5) is 9.29. The first-order chi connectivity index (χ1) is 32.0. The van der Waals surface area contributed by atoms with Crippen LogP contribution in [0.4, 0.5) is 0 Å². The quantitative estimate of drug-likeness (QED) is 0.167. The lowest BCUT2D eigenvalue weighted by Gasteiger charge is -2.31. The summed E-state index contributed by atoms with van der Waals surface area (Å²) in [7, 11) is 0. The van der Waals surface area contributed by atoms with E-state index in [0.29, 0.717) is 11.8 Å². The van der Waals surface area contributed by atoms with Crippen LogP contribution in [-0.4, -0.2) is 9.97 Å². The molecule has 0 fully saturated rings. The van der Waals surface area contributed by atoms with Crippen LogP contribution in [0, 0.1) is 5.92 Å². The molecule has 2 heterocycles. The van der Waals surface area contributed by atoms with Crippen LogP contribution in [0.1, 0.15) is 36.5 Å². The first-order valence-corrected chi connectivity index (χ1v) is 22.8. The molecule has 65 heavy (non-hydrogen) atoms. The van der Waals surface area contributed by atoms with E-state index < -0.39 is 0 Å². The Morgan fingerprint density at radius 2 is 1.03 bits per heavy atom. The van der Waals surface area contributed by atoms with E-state index in [2.05, 4.69) is 207 Å². The number of hydrogen-bond donors (Lipinski definition) is 0. The van der Waals surface area contributed by atoms with Gasteiger partial charge in [-0.05, 0) is 146 Å². The lowest BCUT2D eigenvalue weighted by molar-refractivity contribution is 0.395. The Morgan fingerprint density at radius 3 is 1.74 bits per heavy atom. The van der Waals surface area contributed by atoms with Gasteiger partial charge in [0.05, 0.1) is 11.4 Å². The maximum atomic E-state index is 4.80. The van der Waals surface area contributed by atoms with Crippen molar-refractivity contribution >= 4 is 27.1 Å². The molecule has 0 radical (unpaired) electrons. The highest BCUT2D eigenvalue weighted by Crippen LogP contribution is 2.59. The SMILES string of the molecule is CC1(C)c2cc(-c3cccc(-c4ccc5c6c(cccc46)-c4c-5c(-c5ccccc5)c5ccccc5c4-c4ccccc4)c3)ccc2C2C=CC(c3ccc(-c4ccccn4)nc3)=CC21. The van der Waals surface area contributed by atoms with Crippen molar-refractivity contribution in [2.75, 3.05) is 0 Å². The molecular formula is C63H44N2. The van der Waals surface area contributed by atoms with E-state index in [1.54, 1.807) is 0 Å². The molecule has 2 atom stereocenters. The molecule has 10 aromatic rings. The van der Waals surface area contributed by atoms with Gasteiger partial charge in [0.15, 0.2) is 0 Å². The van der Waals surface area contributed by atoms with Gasteiger partial charge in [-0.1, -0.05) is 196 Å². The van der Waals surface area contributed by atoms with Crippen LogP contribution in [0.25, 0.3) is 105 Å². The van der Waals surface area contributed by atoms with E-state index >= 15 is 0 Å². The zero-order valence-corrected chi connectivity index (χ0v) is 36.3. The Labute approximate surface area is 380 Å². The van der Waals surface area contributed by atoms with Crippen LogP contribution >= 0.6 is 0 Å². The maximum Gasteiger partial charge on any atom is 0.0886 e. The monoisotopic (exact) mass is 828 g/mol. The summed E-state index contributed by atoms with van der Waals surface area (Å²) in [6.07, 6.45) is 11.0. The Balaban J connectivity index is 0.896. The Bertz CT molecular complexity index is 3510. The fourth-order valence-electron chi connectivity index (χ4n) is 11.5. The molecule has 0 saturated heterocycles. The highest BCUT2D eigenvalue weighted by molar-refractivity contribution is 6.28. The molecule has 0 bridgehead atoms. The highest BCUT2D eigenvalue weighted by Gasteiger charge is 2.45. The summed E-state index contributed by atoms with van der Waals surface area (Å²) in [6, 6.07) is 69.3. The van der Waals surface area contributed by atoms with E-state index in [1.807, 2.05) is 30.6 Å². The summed E-state index contributed by atoms with van der Waals surface area (Å²) in [5, 5.41) is 5.17. The lowest BCUT2D eigenvalue weighted by atomic mass is 9.73. The maximum absolute atomic E-state index is 4.80. The lowest BCUT2D eigenvalue weighted by Crippen LogP contribution is -2.25. The average molecular weight is 829 g/mol. The molecule has 13 rings (SSSR count). The van der Waals surface area contributed by atoms with Crippen LogP contribution in [0.2, 0.25) is 0 Å². The Hall–Kier alpha value is -7.94. The predicted octanol–water partition coefficient (Wildman–Crippen LogP) is 16.4. The zero-order valence-electron chi connectivity index (χ0n) is 36.3. The fraction of sp³-hybridized carbons (Fsp3) is 0.0794. The fourth-order valence-corrected chi connectivity index (χ4v) is 11.5. The summed E-state index contributed by atoms with van der Waals surface area (Å²) in [5.41, 5.74) is 22.3. The van der Waals surface area contributed by atoms with Crippen LogP contribution in [0.15, 0.2) is 219 Å².